The third-order valence-corrected chi connectivity index (χ3v) is 3.90. The smallest absolute Gasteiger partial charge is 0.261 e. The van der Waals surface area contributed by atoms with Crippen molar-refractivity contribution in [3.8, 4) is 11.4 Å². The summed E-state index contributed by atoms with van der Waals surface area (Å²) in [5.41, 5.74) is 8.33. The van der Waals surface area contributed by atoms with Gasteiger partial charge in [0, 0.05) is 5.39 Å². The molecule has 0 saturated heterocycles. The Bertz CT molecular complexity index is 1100. The quantitative estimate of drug-likeness (QED) is 0.359. The van der Waals surface area contributed by atoms with Crippen molar-refractivity contribution in [3.63, 3.8) is 0 Å². The monoisotopic (exact) mass is 323 g/mol. The minimum atomic E-state index is -0.378. The van der Waals surface area contributed by atoms with Gasteiger partial charge in [0.05, 0.1) is 27.9 Å². The first-order chi connectivity index (χ1) is 11.5. The van der Waals surface area contributed by atoms with Crippen molar-refractivity contribution < 1.29 is 10.4 Å². The highest BCUT2D eigenvalue weighted by molar-refractivity contribution is 5.99. The molecule has 0 atom stereocenters. The number of nitrogens with two attached hydrogens (primary N) is 1. The molecule has 0 aliphatic heterocycles. The average molecular weight is 323 g/mol. The van der Waals surface area contributed by atoms with E-state index in [0.717, 1.165) is 11.0 Å². The van der Waals surface area contributed by atoms with E-state index in [4.69, 9.17) is 16.1 Å². The van der Waals surface area contributed by atoms with E-state index in [-0.39, 0.29) is 27.7 Å². The number of nitrogens with one attached hydrogen (secondary N) is 2. The van der Waals surface area contributed by atoms with Gasteiger partial charge in [-0.1, -0.05) is 12.1 Å². The Kier molecular flexibility index (Phi) is 3.02. The molecule has 0 bridgehead atoms. The van der Waals surface area contributed by atoms with Gasteiger partial charge in [0.2, 0.25) is 0 Å². The van der Waals surface area contributed by atoms with E-state index in [2.05, 4.69) is 15.0 Å². The molecule has 4 aromatic rings. The molecule has 0 unspecified atom stereocenters. The van der Waals surface area contributed by atoms with E-state index in [1.807, 2.05) is 24.3 Å². The Morgan fingerprint density at radius 1 is 1.04 bits per heavy atom. The van der Waals surface area contributed by atoms with Crippen LogP contribution in [0.3, 0.4) is 0 Å². The van der Waals surface area contributed by atoms with Gasteiger partial charge in [-0.3, -0.25) is 15.2 Å². The zero-order valence-corrected chi connectivity index (χ0v) is 12.3. The van der Waals surface area contributed by atoms with Crippen molar-refractivity contribution in [2.24, 2.45) is 0 Å². The summed E-state index contributed by atoms with van der Waals surface area (Å²) in [6, 6.07) is 11.8. The maximum atomic E-state index is 12.4. The van der Waals surface area contributed by atoms with Crippen molar-refractivity contribution in [1.82, 2.24) is 15.0 Å². The maximum Gasteiger partial charge on any atom is 0.261 e. The molecule has 2 heterocycles. The third-order valence-electron chi connectivity index (χ3n) is 3.90. The molecule has 0 saturated carbocycles. The number of aromatic amines is 2. The molecule has 120 valence electrons. The van der Waals surface area contributed by atoms with Crippen LogP contribution in [-0.4, -0.2) is 25.4 Å². The number of nitrogens with zero attached hydrogens (tertiary/aromatic N) is 2. The molecule has 0 aliphatic carbocycles. The molecule has 0 aliphatic rings. The summed E-state index contributed by atoms with van der Waals surface area (Å²) in [6.07, 6.45) is 0. The van der Waals surface area contributed by atoms with E-state index in [9.17, 15) is 4.79 Å². The summed E-state index contributed by atoms with van der Waals surface area (Å²) in [5.74, 6) is 0.354. The number of H-pyrrole nitrogens is 2. The first kappa shape index (κ1) is 14.2. The van der Waals surface area contributed by atoms with E-state index in [0.29, 0.717) is 16.7 Å². The topological polar surface area (TPSA) is 131 Å². The zero-order chi connectivity index (χ0) is 16.8. The van der Waals surface area contributed by atoms with Crippen LogP contribution in [0.2, 0.25) is 0 Å². The minimum absolute atomic E-state index is 0.00908. The lowest BCUT2D eigenvalue weighted by atomic mass is 10.1. The van der Waals surface area contributed by atoms with Crippen LogP contribution in [0.15, 0.2) is 47.3 Å². The molecule has 8 heteroatoms. The van der Waals surface area contributed by atoms with E-state index in [1.54, 1.807) is 6.07 Å². The second kappa shape index (κ2) is 5.08. The van der Waals surface area contributed by atoms with Crippen LogP contribution in [0.1, 0.15) is 0 Å². The highest BCUT2D eigenvalue weighted by Gasteiger charge is 2.16. The van der Waals surface area contributed by atoms with E-state index < -0.39 is 0 Å². The number of imidazole rings is 1. The SMILES string of the molecule is Nc1c(-c2nc3ccccc3[nH]2)c(=O)[nH]c2ccc(N(O)O)cc12. The Balaban J connectivity index is 2.02. The summed E-state index contributed by atoms with van der Waals surface area (Å²) in [5, 5.41) is 18.8. The molecular weight excluding hydrogens is 310 g/mol. The van der Waals surface area contributed by atoms with Gasteiger partial charge in [-0.05, 0) is 30.3 Å². The van der Waals surface area contributed by atoms with Crippen LogP contribution in [0.5, 0.6) is 0 Å². The molecule has 4 rings (SSSR count). The fourth-order valence-corrected chi connectivity index (χ4v) is 2.74. The number of fused-ring (bicyclic) bond motifs is 2. The van der Waals surface area contributed by atoms with Crippen LogP contribution in [-0.2, 0) is 0 Å². The predicted octanol–water partition coefficient (Wildman–Crippen LogP) is 2.24. The predicted molar refractivity (Wildman–Crippen MR) is 90.1 cm³/mol. The lowest BCUT2D eigenvalue weighted by Gasteiger charge is -2.11. The molecule has 0 spiro atoms. The molecule has 8 nitrogen and oxygen atoms in total. The Hall–Kier alpha value is -3.36. The van der Waals surface area contributed by atoms with Crippen molar-refractivity contribution >= 4 is 33.3 Å². The molecule has 6 N–H and O–H groups in total. The average Bonchev–Trinajstić information content (AvgIpc) is 2.97. The normalized spacial score (nSPS) is 11.2. The Labute approximate surface area is 134 Å². The van der Waals surface area contributed by atoms with Gasteiger partial charge in [0.15, 0.2) is 0 Å². The summed E-state index contributed by atoms with van der Waals surface area (Å²) in [6.45, 7) is 0. The van der Waals surface area contributed by atoms with Gasteiger partial charge in [0.25, 0.3) is 5.56 Å². The van der Waals surface area contributed by atoms with Gasteiger partial charge in [-0.25, -0.2) is 4.98 Å². The van der Waals surface area contributed by atoms with Crippen molar-refractivity contribution in [2.75, 3.05) is 11.0 Å². The van der Waals surface area contributed by atoms with Gasteiger partial charge in [-0.15, -0.1) is 5.23 Å². The number of rotatable bonds is 2. The molecule has 2 aromatic carbocycles. The number of para-hydroxylation sites is 2. The highest BCUT2D eigenvalue weighted by Crippen LogP contribution is 2.30. The van der Waals surface area contributed by atoms with Gasteiger partial charge < -0.3 is 15.7 Å². The summed E-state index contributed by atoms with van der Waals surface area (Å²) >= 11 is 0. The first-order valence-corrected chi connectivity index (χ1v) is 7.13. The molecular formula is C16H13N5O3. The van der Waals surface area contributed by atoms with Gasteiger partial charge >= 0.3 is 0 Å². The molecule has 24 heavy (non-hydrogen) atoms. The van der Waals surface area contributed by atoms with Crippen LogP contribution in [0, 0.1) is 0 Å². The van der Waals surface area contributed by atoms with E-state index >= 15 is 0 Å². The molecule has 0 amide bonds. The number of anilines is 2. The molecule has 0 radical (unpaired) electrons. The lowest BCUT2D eigenvalue weighted by molar-refractivity contribution is 0.0292. The fourth-order valence-electron chi connectivity index (χ4n) is 2.74. The number of hydrogen-bond acceptors (Lipinski definition) is 6. The number of hydrogen-bond donors (Lipinski definition) is 5. The number of benzene rings is 2. The number of pyridine rings is 1. The van der Waals surface area contributed by atoms with Crippen molar-refractivity contribution in [2.45, 2.75) is 0 Å². The molecule has 2 aromatic heterocycles. The standard InChI is InChI=1S/C16H13N5O3/c17-14-9-7-8(21(23)24)5-6-10(9)20-16(22)13(14)15-18-11-3-1-2-4-12(11)19-15/h1-7,23-24H,(H,18,19)(H3,17,20,22). The maximum absolute atomic E-state index is 12.4. The minimum Gasteiger partial charge on any atom is -0.397 e. The fraction of sp³-hybridized carbons (Fsp3) is 0. The van der Waals surface area contributed by atoms with Gasteiger partial charge in [0.1, 0.15) is 11.4 Å². The summed E-state index contributed by atoms with van der Waals surface area (Å²) in [7, 11) is 0. The van der Waals surface area contributed by atoms with Crippen molar-refractivity contribution in [3.05, 3.63) is 52.8 Å². The summed E-state index contributed by atoms with van der Waals surface area (Å²) < 4.78 is 0. The van der Waals surface area contributed by atoms with Crippen molar-refractivity contribution in [1.29, 1.82) is 0 Å². The zero-order valence-electron chi connectivity index (χ0n) is 12.3. The number of aromatic nitrogens is 3. The first-order valence-electron chi connectivity index (χ1n) is 7.13. The Morgan fingerprint density at radius 3 is 2.58 bits per heavy atom. The molecule has 0 fully saturated rings. The van der Waals surface area contributed by atoms with Crippen LogP contribution in [0.4, 0.5) is 11.4 Å². The summed E-state index contributed by atoms with van der Waals surface area (Å²) in [4.78, 5) is 22.7. The lowest BCUT2D eigenvalue weighted by Crippen LogP contribution is -2.14. The van der Waals surface area contributed by atoms with Crippen LogP contribution >= 0.6 is 0 Å². The largest absolute Gasteiger partial charge is 0.397 e. The van der Waals surface area contributed by atoms with Crippen LogP contribution < -0.4 is 16.5 Å². The van der Waals surface area contributed by atoms with Gasteiger partial charge in [-0.2, -0.15) is 0 Å². The second-order valence-electron chi connectivity index (χ2n) is 5.36. The third kappa shape index (κ3) is 2.09. The number of nitrogen functional groups attached to an aromatic ring is 1. The van der Waals surface area contributed by atoms with Crippen LogP contribution in [0.25, 0.3) is 33.3 Å². The highest BCUT2D eigenvalue weighted by atomic mass is 16.8. The Morgan fingerprint density at radius 2 is 1.83 bits per heavy atom. The van der Waals surface area contributed by atoms with E-state index in [1.165, 1.54) is 12.1 Å². The second-order valence-corrected chi connectivity index (χ2v) is 5.36.